The van der Waals surface area contributed by atoms with Crippen molar-refractivity contribution in [2.75, 3.05) is 7.11 Å². The van der Waals surface area contributed by atoms with Crippen molar-refractivity contribution in [1.82, 2.24) is 4.98 Å². The number of benzene rings is 1. The number of nitrogens with zero attached hydrogens (tertiary/aromatic N) is 1. The van der Waals surface area contributed by atoms with Crippen molar-refractivity contribution in [3.8, 4) is 17.2 Å². The molecule has 0 aliphatic heterocycles. The molecule has 1 aromatic heterocycles. The van der Waals surface area contributed by atoms with E-state index in [0.717, 1.165) is 24.6 Å². The number of rotatable bonds is 6. The summed E-state index contributed by atoms with van der Waals surface area (Å²) >= 11 is 0. The van der Waals surface area contributed by atoms with Crippen LogP contribution in [-0.4, -0.2) is 40.3 Å². The van der Waals surface area contributed by atoms with Gasteiger partial charge in [0.05, 0.1) is 13.2 Å². The van der Waals surface area contributed by atoms with Gasteiger partial charge in [-0.2, -0.15) is 0 Å². The zero-order valence-corrected chi connectivity index (χ0v) is 18.8. The van der Waals surface area contributed by atoms with Crippen LogP contribution in [0.5, 0.6) is 17.2 Å². The summed E-state index contributed by atoms with van der Waals surface area (Å²) in [6.07, 6.45) is 2.83. The summed E-state index contributed by atoms with van der Waals surface area (Å²) in [4.78, 5) is 25.0. The zero-order valence-electron chi connectivity index (χ0n) is 18.8. The van der Waals surface area contributed by atoms with Crippen LogP contribution in [-0.2, 0) is 9.53 Å². The molecule has 0 fully saturated rings. The van der Waals surface area contributed by atoms with Crippen LogP contribution >= 0.6 is 0 Å². The number of phenolic OH excluding ortho intramolecular Hbond substituents is 1. The number of carbonyl (C=O) groups is 2. The van der Waals surface area contributed by atoms with Crippen molar-refractivity contribution < 1.29 is 38.1 Å². The van der Waals surface area contributed by atoms with E-state index in [1.165, 1.54) is 19.4 Å². The average Bonchev–Trinajstić information content (AvgIpc) is 2.71. The summed E-state index contributed by atoms with van der Waals surface area (Å²) in [6.45, 7) is 7.99. The van der Waals surface area contributed by atoms with Gasteiger partial charge in [0.15, 0.2) is 28.8 Å². The molecule has 10 heteroatoms. The van der Waals surface area contributed by atoms with Crippen molar-refractivity contribution in [2.24, 2.45) is 11.7 Å². The first-order valence-electron chi connectivity index (χ1n) is 9.78. The summed E-state index contributed by atoms with van der Waals surface area (Å²) in [5, 5.41) is 17.8. The van der Waals surface area contributed by atoms with E-state index < -0.39 is 23.3 Å². The third-order valence-electron chi connectivity index (χ3n) is 3.67. The maximum atomic E-state index is 12.1. The van der Waals surface area contributed by atoms with E-state index in [2.05, 4.69) is 18.8 Å². The van der Waals surface area contributed by atoms with Gasteiger partial charge < -0.3 is 25.4 Å². The van der Waals surface area contributed by atoms with Gasteiger partial charge in [0.1, 0.15) is 5.82 Å². The van der Waals surface area contributed by atoms with Gasteiger partial charge >= 0.3 is 5.97 Å². The Hall–Kier alpha value is -3.43. The zero-order chi connectivity index (χ0) is 24.8. The molecule has 1 heterocycles. The minimum absolute atomic E-state index is 0.0717. The Labute approximate surface area is 186 Å². The first kappa shape index (κ1) is 28.6. The summed E-state index contributed by atoms with van der Waals surface area (Å²) in [7, 11) is 1.37. The molecule has 0 aliphatic carbocycles. The number of ether oxygens (including phenoxy) is 2. The third-order valence-corrected chi connectivity index (χ3v) is 3.67. The molecule has 2 rings (SSSR count). The van der Waals surface area contributed by atoms with Crippen LogP contribution in [0.1, 0.15) is 51.0 Å². The predicted molar refractivity (Wildman–Crippen MR) is 114 cm³/mol. The van der Waals surface area contributed by atoms with Gasteiger partial charge in [-0.05, 0) is 31.4 Å². The van der Waals surface area contributed by atoms with E-state index in [1.54, 1.807) is 0 Å². The smallest absolute Gasteiger partial charge is 0.305 e. The highest BCUT2D eigenvalue weighted by Crippen LogP contribution is 2.26. The van der Waals surface area contributed by atoms with Gasteiger partial charge in [-0.1, -0.05) is 20.8 Å². The minimum Gasteiger partial charge on any atom is -0.505 e. The number of pyridine rings is 1. The molecule has 0 saturated heterocycles. The Bertz CT molecular complexity index is 877. The first-order chi connectivity index (χ1) is 14.9. The second-order valence-electron chi connectivity index (χ2n) is 6.95. The Morgan fingerprint density at radius 3 is 2.22 bits per heavy atom. The molecule has 2 aromatic rings. The third kappa shape index (κ3) is 11.1. The first-order valence-corrected chi connectivity index (χ1v) is 9.78. The number of carbonyl (C=O) groups excluding carboxylic acids is 2. The lowest BCUT2D eigenvalue weighted by Gasteiger charge is -2.14. The van der Waals surface area contributed by atoms with Gasteiger partial charge in [-0.15, -0.1) is 0 Å². The molecule has 1 atom stereocenters. The van der Waals surface area contributed by atoms with Gasteiger partial charge in [-0.3, -0.25) is 9.59 Å². The second-order valence-corrected chi connectivity index (χ2v) is 6.95. The number of aromatic nitrogens is 1. The Morgan fingerprint density at radius 1 is 1.16 bits per heavy atom. The Balaban J connectivity index is 0.000000455. The number of aromatic hydroxyl groups is 2. The van der Waals surface area contributed by atoms with Crippen LogP contribution in [0.25, 0.3) is 0 Å². The van der Waals surface area contributed by atoms with E-state index in [1.807, 2.05) is 13.8 Å². The van der Waals surface area contributed by atoms with Crippen molar-refractivity contribution in [3.63, 3.8) is 0 Å². The highest BCUT2D eigenvalue weighted by molar-refractivity contribution is 5.94. The summed E-state index contributed by atoms with van der Waals surface area (Å²) in [5.41, 5.74) is 4.74. The fourth-order valence-electron chi connectivity index (χ4n) is 2.29. The molecule has 0 aliphatic rings. The highest BCUT2D eigenvalue weighted by atomic mass is 19.1. The Kier molecular flexibility index (Phi) is 13.0. The number of methoxy groups -OCH3 is 1. The number of phenols is 1. The molecule has 8 nitrogen and oxygen atoms in total. The average molecular weight is 456 g/mol. The van der Waals surface area contributed by atoms with Crippen LogP contribution in [0.2, 0.25) is 0 Å². The Morgan fingerprint density at radius 2 is 1.78 bits per heavy atom. The van der Waals surface area contributed by atoms with Crippen molar-refractivity contribution in [1.29, 1.82) is 0 Å². The predicted octanol–water partition coefficient (Wildman–Crippen LogP) is 3.94. The lowest BCUT2D eigenvalue weighted by atomic mass is 10.1. The largest absolute Gasteiger partial charge is 0.505 e. The van der Waals surface area contributed by atoms with Gasteiger partial charge in [0.25, 0.3) is 5.91 Å². The number of nitrogens with two attached hydrogens (primary N) is 1. The number of amides is 1. The van der Waals surface area contributed by atoms with Crippen LogP contribution in [0.3, 0.4) is 0 Å². The molecule has 178 valence electrons. The molecule has 0 bridgehead atoms. The number of hydrogen-bond acceptors (Lipinski definition) is 7. The molecular weight excluding hydrogens is 426 g/mol. The molecule has 1 amide bonds. The normalized spacial score (nSPS) is 10.8. The number of hydrogen-bond donors (Lipinski definition) is 3. The summed E-state index contributed by atoms with van der Waals surface area (Å²) in [6, 6.07) is 3.96. The molecule has 1 aromatic carbocycles. The van der Waals surface area contributed by atoms with Crippen molar-refractivity contribution in [2.45, 2.75) is 46.6 Å². The van der Waals surface area contributed by atoms with E-state index in [-0.39, 0.29) is 29.3 Å². The molecule has 0 saturated carbocycles. The lowest BCUT2D eigenvalue weighted by molar-refractivity contribution is -0.148. The maximum Gasteiger partial charge on any atom is 0.305 e. The standard InChI is InChI=1S/C9H18O2.C7H8N2O3.C6H4F2O/c1-5-9(10)11-8(4)6-7(2)3;1-12-4-2-3-9-5(6(4)10)7(8)11;7-4-1-2-5(8)6(9)3-4/h7-8H,5-6H2,1-4H3;2-3,10H,1H3,(H2,8,11);1-3,9H. The number of primary amides is 1. The molecular formula is C22H30F2N2O6. The fourth-order valence-corrected chi connectivity index (χ4v) is 2.29. The van der Waals surface area contributed by atoms with Crippen LogP contribution < -0.4 is 10.5 Å². The fraction of sp³-hybridized carbons (Fsp3) is 0.409. The summed E-state index contributed by atoms with van der Waals surface area (Å²) in [5.74, 6) is -2.55. The van der Waals surface area contributed by atoms with Crippen LogP contribution in [0.15, 0.2) is 30.5 Å². The van der Waals surface area contributed by atoms with Crippen molar-refractivity contribution >= 4 is 11.9 Å². The topological polar surface area (TPSA) is 132 Å². The SMILES string of the molecule is CCC(=O)OC(C)CC(C)C.COc1ccnc(C(N)=O)c1O.Oc1cc(F)ccc1F. The van der Waals surface area contributed by atoms with Gasteiger partial charge in [0.2, 0.25) is 0 Å². The van der Waals surface area contributed by atoms with E-state index >= 15 is 0 Å². The highest BCUT2D eigenvalue weighted by Gasteiger charge is 2.12. The van der Waals surface area contributed by atoms with Crippen LogP contribution in [0, 0.1) is 17.6 Å². The molecule has 0 spiro atoms. The van der Waals surface area contributed by atoms with Crippen molar-refractivity contribution in [3.05, 3.63) is 47.8 Å². The quantitative estimate of drug-likeness (QED) is 0.561. The van der Waals surface area contributed by atoms with Gasteiger partial charge in [0, 0.05) is 24.8 Å². The second kappa shape index (κ2) is 14.6. The maximum absolute atomic E-state index is 12.1. The molecule has 32 heavy (non-hydrogen) atoms. The minimum atomic E-state index is -0.809. The monoisotopic (exact) mass is 456 g/mol. The van der Waals surface area contributed by atoms with Crippen LogP contribution in [0.4, 0.5) is 8.78 Å². The van der Waals surface area contributed by atoms with E-state index in [4.69, 9.17) is 20.3 Å². The number of esters is 1. The lowest BCUT2D eigenvalue weighted by Crippen LogP contribution is -2.15. The number of halogens is 2. The molecule has 4 N–H and O–H groups in total. The summed E-state index contributed by atoms with van der Waals surface area (Å²) < 4.78 is 33.9. The van der Waals surface area contributed by atoms with E-state index in [0.29, 0.717) is 12.3 Å². The molecule has 1 unspecified atom stereocenters. The molecule has 0 radical (unpaired) electrons. The van der Waals surface area contributed by atoms with Gasteiger partial charge in [-0.25, -0.2) is 13.8 Å². The van der Waals surface area contributed by atoms with E-state index in [9.17, 15) is 23.5 Å².